The molecular weight excluding hydrogens is 270 g/mol. The lowest BCUT2D eigenvalue weighted by molar-refractivity contribution is -0.142. The number of nitrogens with zero attached hydrogens (tertiary/aromatic N) is 1. The number of amides is 1. The van der Waals surface area contributed by atoms with E-state index in [0.717, 1.165) is 11.1 Å². The molecule has 3 atom stereocenters. The number of hydrogen-bond donors (Lipinski definition) is 2. The normalized spacial score (nSPS) is 21.7. The summed E-state index contributed by atoms with van der Waals surface area (Å²) in [6, 6.07) is 7.51. The summed E-state index contributed by atoms with van der Waals surface area (Å²) in [5, 5.41) is 19.1. The fourth-order valence-electron chi connectivity index (χ4n) is 2.45. The molecule has 0 spiro atoms. The van der Waals surface area contributed by atoms with E-state index in [1.54, 1.807) is 0 Å². The number of aliphatic carboxylic acids is 1. The van der Waals surface area contributed by atoms with Gasteiger partial charge in [-0.05, 0) is 25.8 Å². The molecule has 114 valence electrons. The van der Waals surface area contributed by atoms with E-state index in [1.165, 1.54) is 4.90 Å². The molecule has 1 aliphatic carbocycles. The van der Waals surface area contributed by atoms with Gasteiger partial charge in [0.1, 0.15) is 0 Å². The van der Waals surface area contributed by atoms with Crippen molar-refractivity contribution in [1.82, 2.24) is 4.90 Å². The summed E-state index contributed by atoms with van der Waals surface area (Å²) < 4.78 is 0. The lowest BCUT2D eigenvalue weighted by Crippen LogP contribution is -2.36. The highest BCUT2D eigenvalue weighted by molar-refractivity contribution is 5.89. The molecule has 5 nitrogen and oxygen atoms in total. The van der Waals surface area contributed by atoms with Crippen molar-refractivity contribution in [3.05, 3.63) is 35.4 Å². The van der Waals surface area contributed by atoms with Crippen molar-refractivity contribution in [3.8, 4) is 0 Å². The molecule has 1 aliphatic rings. The standard InChI is InChI=1S/C16H21NO4/c1-3-17(15(19)12-8-13(12)16(20)21)9-14(18)11-6-4-10(2)5-7-11/h4-7,12-14,18H,3,8-9H2,1-2H3,(H,20,21). The van der Waals surface area contributed by atoms with Gasteiger partial charge in [0.15, 0.2) is 0 Å². The zero-order chi connectivity index (χ0) is 15.6. The van der Waals surface area contributed by atoms with Crippen LogP contribution in [0.25, 0.3) is 0 Å². The van der Waals surface area contributed by atoms with Crippen LogP contribution in [-0.4, -0.2) is 40.1 Å². The predicted octanol–water partition coefficient (Wildman–Crippen LogP) is 1.60. The summed E-state index contributed by atoms with van der Waals surface area (Å²) in [4.78, 5) is 24.6. The first kappa shape index (κ1) is 15.5. The van der Waals surface area contributed by atoms with Crippen molar-refractivity contribution in [3.63, 3.8) is 0 Å². The molecule has 1 amide bonds. The molecule has 1 aromatic carbocycles. The average Bonchev–Trinajstić information content (AvgIpc) is 3.25. The number of likely N-dealkylation sites (N-methyl/N-ethyl adjacent to an activating group) is 1. The Bertz CT molecular complexity index is 526. The minimum absolute atomic E-state index is 0.170. The summed E-state index contributed by atoms with van der Waals surface area (Å²) >= 11 is 0. The summed E-state index contributed by atoms with van der Waals surface area (Å²) in [6.45, 7) is 4.46. The van der Waals surface area contributed by atoms with Crippen molar-refractivity contribution < 1.29 is 19.8 Å². The Hall–Kier alpha value is -1.88. The monoisotopic (exact) mass is 291 g/mol. The quantitative estimate of drug-likeness (QED) is 0.834. The van der Waals surface area contributed by atoms with Crippen LogP contribution >= 0.6 is 0 Å². The highest BCUT2D eigenvalue weighted by Gasteiger charge is 2.49. The van der Waals surface area contributed by atoms with Gasteiger partial charge < -0.3 is 15.1 Å². The van der Waals surface area contributed by atoms with Crippen molar-refractivity contribution >= 4 is 11.9 Å². The predicted molar refractivity (Wildman–Crippen MR) is 77.6 cm³/mol. The van der Waals surface area contributed by atoms with Crippen molar-refractivity contribution in [1.29, 1.82) is 0 Å². The third-order valence-corrected chi connectivity index (χ3v) is 3.97. The average molecular weight is 291 g/mol. The van der Waals surface area contributed by atoms with Gasteiger partial charge in [0, 0.05) is 6.54 Å². The van der Waals surface area contributed by atoms with Crippen LogP contribution in [-0.2, 0) is 9.59 Å². The van der Waals surface area contributed by atoms with E-state index in [4.69, 9.17) is 5.11 Å². The van der Waals surface area contributed by atoms with E-state index in [9.17, 15) is 14.7 Å². The van der Waals surface area contributed by atoms with Crippen molar-refractivity contribution in [2.24, 2.45) is 11.8 Å². The molecule has 0 aliphatic heterocycles. The van der Waals surface area contributed by atoms with Crippen LogP contribution in [0.5, 0.6) is 0 Å². The molecule has 0 radical (unpaired) electrons. The summed E-state index contributed by atoms with van der Waals surface area (Å²) in [5.41, 5.74) is 1.87. The SMILES string of the molecule is CCN(CC(O)c1ccc(C)cc1)C(=O)C1CC1C(=O)O. The Morgan fingerprint density at radius 1 is 1.29 bits per heavy atom. The van der Waals surface area contributed by atoms with Gasteiger partial charge >= 0.3 is 5.97 Å². The molecule has 0 heterocycles. The molecule has 2 rings (SSSR count). The van der Waals surface area contributed by atoms with E-state index >= 15 is 0 Å². The minimum Gasteiger partial charge on any atom is -0.481 e. The molecule has 5 heteroatoms. The third-order valence-electron chi connectivity index (χ3n) is 3.97. The highest BCUT2D eigenvalue weighted by Crippen LogP contribution is 2.40. The molecule has 0 bridgehead atoms. The van der Waals surface area contributed by atoms with E-state index in [1.807, 2.05) is 38.1 Å². The molecule has 0 aromatic heterocycles. The van der Waals surface area contributed by atoms with Crippen LogP contribution in [0.3, 0.4) is 0 Å². The van der Waals surface area contributed by atoms with Gasteiger partial charge in [0.2, 0.25) is 5.91 Å². The summed E-state index contributed by atoms with van der Waals surface area (Å²) in [6.07, 6.45) is -0.345. The number of benzene rings is 1. The first-order valence-corrected chi connectivity index (χ1v) is 7.20. The summed E-state index contributed by atoms with van der Waals surface area (Å²) in [7, 11) is 0. The van der Waals surface area contributed by atoms with Gasteiger partial charge in [-0.1, -0.05) is 29.8 Å². The number of hydrogen-bond acceptors (Lipinski definition) is 3. The minimum atomic E-state index is -0.913. The topological polar surface area (TPSA) is 77.8 Å². The van der Waals surface area contributed by atoms with Crippen LogP contribution in [0.2, 0.25) is 0 Å². The number of aryl methyl sites for hydroxylation is 1. The Kier molecular flexibility index (Phi) is 4.63. The fourth-order valence-corrected chi connectivity index (χ4v) is 2.45. The number of carboxylic acids is 1. The maximum Gasteiger partial charge on any atom is 0.307 e. The molecule has 21 heavy (non-hydrogen) atoms. The van der Waals surface area contributed by atoms with Gasteiger partial charge in [-0.15, -0.1) is 0 Å². The smallest absolute Gasteiger partial charge is 0.307 e. The molecule has 0 saturated heterocycles. The Labute approximate surface area is 124 Å². The second-order valence-corrected chi connectivity index (χ2v) is 5.59. The maximum atomic E-state index is 12.2. The Morgan fingerprint density at radius 3 is 2.38 bits per heavy atom. The van der Waals surface area contributed by atoms with Crippen LogP contribution in [0.1, 0.15) is 30.6 Å². The molecule has 1 aromatic rings. The zero-order valence-electron chi connectivity index (χ0n) is 12.3. The lowest BCUT2D eigenvalue weighted by atomic mass is 10.1. The summed E-state index contributed by atoms with van der Waals surface area (Å²) in [5.74, 6) is -2.06. The van der Waals surface area contributed by atoms with Crippen LogP contribution in [0.4, 0.5) is 0 Å². The number of rotatable bonds is 6. The lowest BCUT2D eigenvalue weighted by Gasteiger charge is -2.24. The highest BCUT2D eigenvalue weighted by atomic mass is 16.4. The second kappa shape index (κ2) is 6.26. The van der Waals surface area contributed by atoms with E-state index in [-0.39, 0.29) is 12.5 Å². The van der Waals surface area contributed by atoms with Crippen molar-refractivity contribution in [2.45, 2.75) is 26.4 Å². The van der Waals surface area contributed by atoms with Gasteiger partial charge in [-0.3, -0.25) is 9.59 Å². The first-order valence-electron chi connectivity index (χ1n) is 7.20. The van der Waals surface area contributed by atoms with Crippen LogP contribution in [0, 0.1) is 18.8 Å². The first-order chi connectivity index (χ1) is 9.93. The third kappa shape index (κ3) is 3.61. The second-order valence-electron chi connectivity index (χ2n) is 5.59. The Balaban J connectivity index is 1.97. The number of carbonyl (C=O) groups is 2. The van der Waals surface area contributed by atoms with Gasteiger partial charge in [0.05, 0.1) is 24.5 Å². The van der Waals surface area contributed by atoms with E-state index in [0.29, 0.717) is 13.0 Å². The fraction of sp³-hybridized carbons (Fsp3) is 0.500. The maximum absolute atomic E-state index is 12.2. The zero-order valence-corrected chi connectivity index (χ0v) is 12.3. The van der Waals surface area contributed by atoms with Gasteiger partial charge in [-0.25, -0.2) is 0 Å². The van der Waals surface area contributed by atoms with Crippen LogP contribution < -0.4 is 0 Å². The molecular formula is C16H21NO4. The van der Waals surface area contributed by atoms with Gasteiger partial charge in [-0.2, -0.15) is 0 Å². The molecule has 1 fully saturated rings. The van der Waals surface area contributed by atoms with Crippen LogP contribution in [0.15, 0.2) is 24.3 Å². The van der Waals surface area contributed by atoms with E-state index in [2.05, 4.69) is 0 Å². The molecule has 3 unspecified atom stereocenters. The number of carbonyl (C=O) groups excluding carboxylic acids is 1. The van der Waals surface area contributed by atoms with Crippen molar-refractivity contribution in [2.75, 3.05) is 13.1 Å². The van der Waals surface area contributed by atoms with E-state index < -0.39 is 23.9 Å². The molecule has 2 N–H and O–H groups in total. The molecule has 1 saturated carbocycles. The number of aliphatic hydroxyl groups excluding tert-OH is 1. The number of aliphatic hydroxyl groups is 1. The Morgan fingerprint density at radius 2 is 1.90 bits per heavy atom. The van der Waals surface area contributed by atoms with Gasteiger partial charge in [0.25, 0.3) is 0 Å². The number of carboxylic acid groups (broad SMARTS) is 1. The largest absolute Gasteiger partial charge is 0.481 e.